The zero-order valence-electron chi connectivity index (χ0n) is 8.66. The molecule has 0 amide bonds. The van der Waals surface area contributed by atoms with E-state index in [4.69, 9.17) is 0 Å². The van der Waals surface area contributed by atoms with Crippen molar-refractivity contribution in [3.8, 4) is 0 Å². The molecular formula is C9H18F3NO. The van der Waals surface area contributed by atoms with E-state index in [-0.39, 0.29) is 6.61 Å². The SMILES string of the molecule is CCC(CCCOCC(F)(F)F)NC. The summed E-state index contributed by atoms with van der Waals surface area (Å²) in [4.78, 5) is 0. The first-order chi connectivity index (χ1) is 6.49. The first kappa shape index (κ1) is 13.7. The van der Waals surface area contributed by atoms with Gasteiger partial charge in [0, 0.05) is 12.6 Å². The molecule has 0 aromatic rings. The van der Waals surface area contributed by atoms with Crippen LogP contribution in [-0.2, 0) is 4.74 Å². The van der Waals surface area contributed by atoms with E-state index in [2.05, 4.69) is 10.1 Å². The smallest absolute Gasteiger partial charge is 0.372 e. The lowest BCUT2D eigenvalue weighted by atomic mass is 10.1. The van der Waals surface area contributed by atoms with Gasteiger partial charge in [0.15, 0.2) is 0 Å². The first-order valence-electron chi connectivity index (χ1n) is 4.81. The number of hydrogen-bond donors (Lipinski definition) is 1. The number of alkyl halides is 3. The van der Waals surface area contributed by atoms with E-state index in [1.807, 2.05) is 14.0 Å². The highest BCUT2D eigenvalue weighted by atomic mass is 19.4. The Hall–Kier alpha value is -0.290. The highest BCUT2D eigenvalue weighted by Crippen LogP contribution is 2.14. The van der Waals surface area contributed by atoms with Crippen LogP contribution in [0.2, 0.25) is 0 Å². The minimum Gasteiger partial charge on any atom is -0.372 e. The molecule has 2 nitrogen and oxygen atoms in total. The quantitative estimate of drug-likeness (QED) is 0.655. The lowest BCUT2D eigenvalue weighted by molar-refractivity contribution is -0.174. The third-order valence-electron chi connectivity index (χ3n) is 2.01. The van der Waals surface area contributed by atoms with Gasteiger partial charge < -0.3 is 10.1 Å². The molecular weight excluding hydrogens is 195 g/mol. The molecule has 0 aromatic heterocycles. The lowest BCUT2D eigenvalue weighted by Crippen LogP contribution is -2.24. The highest BCUT2D eigenvalue weighted by Gasteiger charge is 2.27. The first-order valence-corrected chi connectivity index (χ1v) is 4.81. The van der Waals surface area contributed by atoms with Crippen LogP contribution in [0.15, 0.2) is 0 Å². The molecule has 0 aromatic carbocycles. The maximum Gasteiger partial charge on any atom is 0.411 e. The second-order valence-electron chi connectivity index (χ2n) is 3.20. The molecule has 0 aliphatic heterocycles. The Morgan fingerprint density at radius 2 is 2.00 bits per heavy atom. The summed E-state index contributed by atoms with van der Waals surface area (Å²) in [6.07, 6.45) is -1.71. The molecule has 0 aliphatic rings. The molecule has 5 heteroatoms. The van der Waals surface area contributed by atoms with Crippen LogP contribution in [0.5, 0.6) is 0 Å². The van der Waals surface area contributed by atoms with E-state index >= 15 is 0 Å². The summed E-state index contributed by atoms with van der Waals surface area (Å²) in [5.41, 5.74) is 0. The molecule has 0 bridgehead atoms. The Balaban J connectivity index is 3.29. The van der Waals surface area contributed by atoms with E-state index in [0.29, 0.717) is 12.5 Å². The number of rotatable bonds is 7. The standard InChI is InChI=1S/C9H18F3NO/c1-3-8(13-2)5-4-6-14-7-9(10,11)12/h8,13H,3-7H2,1-2H3. The van der Waals surface area contributed by atoms with Crippen molar-refractivity contribution in [3.05, 3.63) is 0 Å². The van der Waals surface area contributed by atoms with E-state index in [1.165, 1.54) is 0 Å². The molecule has 0 aliphatic carbocycles. The van der Waals surface area contributed by atoms with Crippen LogP contribution in [-0.4, -0.2) is 32.5 Å². The van der Waals surface area contributed by atoms with Gasteiger partial charge in [-0.15, -0.1) is 0 Å². The summed E-state index contributed by atoms with van der Waals surface area (Å²) in [7, 11) is 1.85. The van der Waals surface area contributed by atoms with Crippen LogP contribution in [0.4, 0.5) is 13.2 Å². The fourth-order valence-corrected chi connectivity index (χ4v) is 1.17. The normalized spacial score (nSPS) is 14.4. The number of halogens is 3. The molecule has 1 unspecified atom stereocenters. The van der Waals surface area contributed by atoms with Gasteiger partial charge in [0.2, 0.25) is 0 Å². The number of ether oxygens (including phenoxy) is 1. The maximum absolute atomic E-state index is 11.6. The molecule has 0 spiro atoms. The van der Waals surface area contributed by atoms with Crippen molar-refractivity contribution in [2.24, 2.45) is 0 Å². The fourth-order valence-electron chi connectivity index (χ4n) is 1.17. The minimum atomic E-state index is -4.20. The summed E-state index contributed by atoms with van der Waals surface area (Å²) in [6, 6.07) is 0.379. The lowest BCUT2D eigenvalue weighted by Gasteiger charge is -2.13. The van der Waals surface area contributed by atoms with E-state index in [9.17, 15) is 13.2 Å². The number of hydrogen-bond acceptors (Lipinski definition) is 2. The molecule has 1 atom stereocenters. The molecule has 1 N–H and O–H groups in total. The topological polar surface area (TPSA) is 21.3 Å². The maximum atomic E-state index is 11.6. The van der Waals surface area contributed by atoms with Gasteiger partial charge in [-0.3, -0.25) is 0 Å². The van der Waals surface area contributed by atoms with Crippen molar-refractivity contribution in [2.75, 3.05) is 20.3 Å². The zero-order chi connectivity index (χ0) is 11.0. The van der Waals surface area contributed by atoms with Gasteiger partial charge in [-0.2, -0.15) is 13.2 Å². The average molecular weight is 213 g/mol. The Morgan fingerprint density at radius 3 is 2.43 bits per heavy atom. The van der Waals surface area contributed by atoms with Gasteiger partial charge >= 0.3 is 6.18 Å². The van der Waals surface area contributed by atoms with E-state index in [0.717, 1.165) is 12.8 Å². The van der Waals surface area contributed by atoms with Gasteiger partial charge in [-0.25, -0.2) is 0 Å². The van der Waals surface area contributed by atoms with Crippen LogP contribution in [0, 0.1) is 0 Å². The van der Waals surface area contributed by atoms with Crippen molar-refractivity contribution in [2.45, 2.75) is 38.4 Å². The summed E-state index contributed by atoms with van der Waals surface area (Å²) < 4.78 is 39.4. The Bertz CT molecular complexity index is 135. The van der Waals surface area contributed by atoms with Crippen LogP contribution in [0.1, 0.15) is 26.2 Å². The second-order valence-corrected chi connectivity index (χ2v) is 3.20. The monoisotopic (exact) mass is 213 g/mol. The summed E-state index contributed by atoms with van der Waals surface area (Å²) in [6.45, 7) is 1.08. The summed E-state index contributed by atoms with van der Waals surface area (Å²) >= 11 is 0. The van der Waals surface area contributed by atoms with Crippen LogP contribution < -0.4 is 5.32 Å². The van der Waals surface area contributed by atoms with Crippen LogP contribution >= 0.6 is 0 Å². The Labute approximate surface area is 82.8 Å². The molecule has 0 heterocycles. The fraction of sp³-hybridized carbons (Fsp3) is 1.00. The summed E-state index contributed by atoms with van der Waals surface area (Å²) in [5, 5.41) is 3.08. The predicted octanol–water partition coefficient (Wildman–Crippen LogP) is 2.34. The molecule has 0 saturated carbocycles. The average Bonchev–Trinajstić information content (AvgIpc) is 2.09. The van der Waals surface area contributed by atoms with Gasteiger partial charge in [0.1, 0.15) is 6.61 Å². The van der Waals surface area contributed by atoms with Gasteiger partial charge in [0.05, 0.1) is 0 Å². The molecule has 0 fully saturated rings. The third-order valence-corrected chi connectivity index (χ3v) is 2.01. The van der Waals surface area contributed by atoms with Gasteiger partial charge in [-0.05, 0) is 26.3 Å². The Kier molecular flexibility index (Phi) is 6.92. The number of nitrogens with one attached hydrogen (secondary N) is 1. The third kappa shape index (κ3) is 8.31. The van der Waals surface area contributed by atoms with Crippen molar-refractivity contribution < 1.29 is 17.9 Å². The van der Waals surface area contributed by atoms with Crippen LogP contribution in [0.25, 0.3) is 0 Å². The molecule has 86 valence electrons. The van der Waals surface area contributed by atoms with Gasteiger partial charge in [0.25, 0.3) is 0 Å². The largest absolute Gasteiger partial charge is 0.411 e. The van der Waals surface area contributed by atoms with E-state index in [1.54, 1.807) is 0 Å². The summed E-state index contributed by atoms with van der Waals surface area (Å²) in [5.74, 6) is 0. The Morgan fingerprint density at radius 1 is 1.36 bits per heavy atom. The van der Waals surface area contributed by atoms with Gasteiger partial charge in [-0.1, -0.05) is 6.92 Å². The van der Waals surface area contributed by atoms with Crippen LogP contribution in [0.3, 0.4) is 0 Å². The van der Waals surface area contributed by atoms with Crippen molar-refractivity contribution in [1.29, 1.82) is 0 Å². The van der Waals surface area contributed by atoms with E-state index < -0.39 is 12.8 Å². The second kappa shape index (κ2) is 7.06. The molecule has 14 heavy (non-hydrogen) atoms. The predicted molar refractivity (Wildman–Crippen MR) is 49.2 cm³/mol. The highest BCUT2D eigenvalue weighted by molar-refractivity contribution is 4.61. The minimum absolute atomic E-state index is 0.178. The van der Waals surface area contributed by atoms with Crippen molar-refractivity contribution in [1.82, 2.24) is 5.32 Å². The molecule has 0 rings (SSSR count). The van der Waals surface area contributed by atoms with Crippen molar-refractivity contribution in [3.63, 3.8) is 0 Å². The zero-order valence-corrected chi connectivity index (χ0v) is 8.66. The van der Waals surface area contributed by atoms with Crippen molar-refractivity contribution >= 4 is 0 Å². The molecule has 0 saturated heterocycles. The molecule has 0 radical (unpaired) electrons.